The largest absolute Gasteiger partial charge is 0.483 e. The lowest BCUT2D eigenvalue weighted by molar-refractivity contribution is -0.143. The van der Waals surface area contributed by atoms with Gasteiger partial charge in [0, 0.05) is 18.5 Å². The van der Waals surface area contributed by atoms with E-state index in [0.29, 0.717) is 18.7 Å². The van der Waals surface area contributed by atoms with Gasteiger partial charge in [-0.15, -0.1) is 0 Å². The van der Waals surface area contributed by atoms with Crippen LogP contribution in [-0.4, -0.2) is 34.9 Å². The summed E-state index contributed by atoms with van der Waals surface area (Å²) in [5.41, 5.74) is 3.68. The predicted octanol–water partition coefficient (Wildman–Crippen LogP) is 6.05. The number of nitrogens with zero attached hydrogens (tertiary/aromatic N) is 1. The number of aryl methyl sites for hydroxylation is 1. The van der Waals surface area contributed by atoms with E-state index in [1.165, 1.54) is 0 Å². The molecule has 1 atom stereocenters. The Morgan fingerprint density at radius 3 is 2.19 bits per heavy atom. The molecule has 0 spiro atoms. The number of rotatable bonds is 10. The van der Waals surface area contributed by atoms with Gasteiger partial charge in [-0.2, -0.15) is 0 Å². The van der Waals surface area contributed by atoms with Gasteiger partial charge in [-0.1, -0.05) is 92.2 Å². The zero-order valence-corrected chi connectivity index (χ0v) is 23.0. The Morgan fingerprint density at radius 2 is 1.54 bits per heavy atom. The Morgan fingerprint density at radius 1 is 0.892 bits per heavy atom. The first-order chi connectivity index (χ1) is 17.5. The fraction of sp³-hybridized carbons (Fsp3) is 0.375. The van der Waals surface area contributed by atoms with E-state index in [-0.39, 0.29) is 24.3 Å². The molecular weight excluding hydrogens is 460 g/mol. The number of amides is 2. The highest BCUT2D eigenvalue weighted by Gasteiger charge is 2.32. The molecule has 0 saturated carbocycles. The summed E-state index contributed by atoms with van der Waals surface area (Å²) in [5, 5.41) is 3.10. The van der Waals surface area contributed by atoms with Gasteiger partial charge >= 0.3 is 0 Å². The monoisotopic (exact) mass is 500 g/mol. The van der Waals surface area contributed by atoms with Crippen LogP contribution in [0.3, 0.4) is 0 Å². The van der Waals surface area contributed by atoms with Gasteiger partial charge in [0.05, 0.1) is 0 Å². The number of hydrogen-bond acceptors (Lipinski definition) is 3. The molecule has 196 valence electrons. The second kappa shape index (κ2) is 12.6. The fourth-order valence-corrected chi connectivity index (χ4v) is 4.33. The van der Waals surface area contributed by atoms with E-state index in [4.69, 9.17) is 4.74 Å². The highest BCUT2D eigenvalue weighted by Crippen LogP contribution is 2.26. The molecule has 2 amide bonds. The lowest BCUT2D eigenvalue weighted by atomic mass is 10.0. The zero-order chi connectivity index (χ0) is 27.0. The number of hydrogen-bond donors (Lipinski definition) is 1. The van der Waals surface area contributed by atoms with Crippen LogP contribution >= 0.6 is 0 Å². The molecule has 5 nitrogen and oxygen atoms in total. The summed E-state index contributed by atoms with van der Waals surface area (Å²) in [6.45, 7) is 12.2. The Bertz CT molecular complexity index is 1180. The summed E-state index contributed by atoms with van der Waals surface area (Å²) in [4.78, 5) is 29.1. The molecule has 0 aromatic heterocycles. The molecule has 3 rings (SSSR count). The standard InChI is InChI=1S/C32H40N2O3/c1-23(2)27-17-10-11-18-29(27)37-22-30(35)34(21-26-16-12-13-24(3)19-26)28(31(36)33-32(4,5)6)20-25-14-8-7-9-15-25/h7-19,23,28H,20-22H2,1-6H3,(H,33,36). The lowest BCUT2D eigenvalue weighted by Crippen LogP contribution is -2.55. The summed E-state index contributed by atoms with van der Waals surface area (Å²) in [6, 6.07) is 25.0. The first kappa shape index (κ1) is 28.0. The van der Waals surface area contributed by atoms with Crippen LogP contribution in [0.2, 0.25) is 0 Å². The number of carbonyl (C=O) groups excluding carboxylic acids is 2. The van der Waals surface area contributed by atoms with Crippen molar-refractivity contribution in [2.24, 2.45) is 0 Å². The van der Waals surface area contributed by atoms with Gasteiger partial charge in [0.25, 0.3) is 5.91 Å². The van der Waals surface area contributed by atoms with E-state index in [9.17, 15) is 9.59 Å². The van der Waals surface area contributed by atoms with Crippen molar-refractivity contribution in [3.63, 3.8) is 0 Å². The van der Waals surface area contributed by atoms with Crippen LogP contribution in [0.25, 0.3) is 0 Å². The number of nitrogens with one attached hydrogen (secondary N) is 1. The molecule has 1 unspecified atom stereocenters. The average molecular weight is 501 g/mol. The average Bonchev–Trinajstić information content (AvgIpc) is 2.84. The van der Waals surface area contributed by atoms with E-state index >= 15 is 0 Å². The van der Waals surface area contributed by atoms with Gasteiger partial charge in [0.1, 0.15) is 11.8 Å². The quantitative estimate of drug-likeness (QED) is 0.369. The molecule has 5 heteroatoms. The molecule has 37 heavy (non-hydrogen) atoms. The number of benzene rings is 3. The van der Waals surface area contributed by atoms with E-state index in [1.54, 1.807) is 4.90 Å². The van der Waals surface area contributed by atoms with Crippen LogP contribution in [0.1, 0.15) is 62.8 Å². The smallest absolute Gasteiger partial charge is 0.261 e. The number of para-hydroxylation sites is 1. The Balaban J connectivity index is 1.95. The highest BCUT2D eigenvalue weighted by atomic mass is 16.5. The van der Waals surface area contributed by atoms with Crippen LogP contribution in [0.15, 0.2) is 78.9 Å². The van der Waals surface area contributed by atoms with E-state index in [0.717, 1.165) is 22.3 Å². The minimum atomic E-state index is -0.696. The van der Waals surface area contributed by atoms with Gasteiger partial charge in [0.15, 0.2) is 6.61 Å². The summed E-state index contributed by atoms with van der Waals surface area (Å²) in [6.07, 6.45) is 0.406. The third-order valence-electron chi connectivity index (χ3n) is 6.10. The van der Waals surface area contributed by atoms with Crippen LogP contribution in [0, 0.1) is 6.92 Å². The highest BCUT2D eigenvalue weighted by molar-refractivity contribution is 5.89. The Kier molecular flexibility index (Phi) is 9.51. The number of ether oxygens (including phenoxy) is 1. The van der Waals surface area contributed by atoms with Crippen molar-refractivity contribution in [1.29, 1.82) is 0 Å². The van der Waals surface area contributed by atoms with Gasteiger partial charge in [0.2, 0.25) is 5.91 Å². The van der Waals surface area contributed by atoms with Crippen molar-refractivity contribution >= 4 is 11.8 Å². The first-order valence-electron chi connectivity index (χ1n) is 13.0. The van der Waals surface area contributed by atoms with Gasteiger partial charge in [-0.05, 0) is 56.4 Å². The molecule has 3 aromatic carbocycles. The van der Waals surface area contributed by atoms with Crippen molar-refractivity contribution in [1.82, 2.24) is 10.2 Å². The topological polar surface area (TPSA) is 58.6 Å². The van der Waals surface area contributed by atoms with Crippen LogP contribution in [0.5, 0.6) is 5.75 Å². The molecule has 0 radical (unpaired) electrons. The lowest BCUT2D eigenvalue weighted by Gasteiger charge is -2.34. The molecule has 0 fully saturated rings. The Labute approximate surface area is 221 Å². The van der Waals surface area contributed by atoms with Gasteiger partial charge < -0.3 is 15.0 Å². The second-order valence-corrected chi connectivity index (χ2v) is 10.9. The molecule has 0 aliphatic carbocycles. The number of carbonyl (C=O) groups is 2. The van der Waals surface area contributed by atoms with Crippen molar-refractivity contribution in [2.45, 2.75) is 72.0 Å². The molecule has 0 saturated heterocycles. The molecule has 0 aliphatic heterocycles. The molecule has 0 aliphatic rings. The molecule has 0 heterocycles. The molecular formula is C32H40N2O3. The van der Waals surface area contributed by atoms with E-state index in [2.05, 4.69) is 25.2 Å². The van der Waals surface area contributed by atoms with Crippen molar-refractivity contribution < 1.29 is 14.3 Å². The molecule has 0 bridgehead atoms. The second-order valence-electron chi connectivity index (χ2n) is 10.9. The third kappa shape index (κ3) is 8.49. The summed E-state index contributed by atoms with van der Waals surface area (Å²) in [5.74, 6) is 0.545. The molecule has 3 aromatic rings. The Hall–Kier alpha value is -3.60. The summed E-state index contributed by atoms with van der Waals surface area (Å²) in [7, 11) is 0. The van der Waals surface area contributed by atoms with E-state index < -0.39 is 11.6 Å². The maximum atomic E-state index is 13.8. The normalized spacial score (nSPS) is 12.2. The van der Waals surface area contributed by atoms with Crippen molar-refractivity contribution in [3.05, 3.63) is 101 Å². The summed E-state index contributed by atoms with van der Waals surface area (Å²) < 4.78 is 6.06. The van der Waals surface area contributed by atoms with Crippen molar-refractivity contribution in [3.8, 4) is 5.75 Å². The minimum absolute atomic E-state index is 0.149. The maximum Gasteiger partial charge on any atom is 0.261 e. The van der Waals surface area contributed by atoms with Crippen molar-refractivity contribution in [2.75, 3.05) is 6.61 Å². The SMILES string of the molecule is Cc1cccc(CN(C(=O)COc2ccccc2C(C)C)C(Cc2ccccc2)C(=O)NC(C)(C)C)c1. The van der Waals surface area contributed by atoms with Crippen LogP contribution in [-0.2, 0) is 22.6 Å². The van der Waals surface area contributed by atoms with Crippen LogP contribution < -0.4 is 10.1 Å². The van der Waals surface area contributed by atoms with Gasteiger partial charge in [-0.25, -0.2) is 0 Å². The van der Waals surface area contributed by atoms with Crippen LogP contribution in [0.4, 0.5) is 0 Å². The molecule has 1 N–H and O–H groups in total. The third-order valence-corrected chi connectivity index (χ3v) is 6.10. The first-order valence-corrected chi connectivity index (χ1v) is 13.0. The summed E-state index contributed by atoms with van der Waals surface area (Å²) >= 11 is 0. The van der Waals surface area contributed by atoms with Gasteiger partial charge in [-0.3, -0.25) is 9.59 Å². The fourth-order valence-electron chi connectivity index (χ4n) is 4.33. The predicted molar refractivity (Wildman–Crippen MR) is 150 cm³/mol. The zero-order valence-electron chi connectivity index (χ0n) is 23.0. The van der Waals surface area contributed by atoms with E-state index in [1.807, 2.05) is 100 Å². The minimum Gasteiger partial charge on any atom is -0.483 e. The maximum absolute atomic E-state index is 13.8.